The number of carbonyl (C=O) groups is 2. The molecule has 22 heavy (non-hydrogen) atoms. The second kappa shape index (κ2) is 8.23. The van der Waals surface area contributed by atoms with Crippen molar-refractivity contribution in [2.24, 2.45) is 0 Å². The van der Waals surface area contributed by atoms with E-state index in [-0.39, 0.29) is 18.3 Å². The van der Waals surface area contributed by atoms with Gasteiger partial charge in [-0.3, -0.25) is 4.79 Å². The molecule has 0 aliphatic carbocycles. The van der Waals surface area contributed by atoms with Gasteiger partial charge in [0.05, 0.1) is 25.4 Å². The van der Waals surface area contributed by atoms with Crippen LogP contribution < -0.4 is 14.8 Å². The monoisotopic (exact) mass is 311 g/mol. The van der Waals surface area contributed by atoms with E-state index in [0.29, 0.717) is 11.5 Å². The first kappa shape index (κ1) is 17.8. The van der Waals surface area contributed by atoms with Crippen molar-refractivity contribution in [1.82, 2.24) is 5.32 Å². The lowest BCUT2D eigenvalue weighted by molar-refractivity contribution is -0.140. The van der Waals surface area contributed by atoms with E-state index < -0.39 is 17.9 Å². The van der Waals surface area contributed by atoms with E-state index in [2.05, 4.69) is 5.32 Å². The van der Waals surface area contributed by atoms with E-state index in [1.807, 2.05) is 13.8 Å². The molecule has 0 saturated carbocycles. The van der Waals surface area contributed by atoms with E-state index in [1.165, 1.54) is 20.3 Å². The molecule has 2 N–H and O–H groups in total. The molecule has 0 radical (unpaired) electrons. The standard InChI is InChI=1S/C15H21NO6/c1-9(2)22-13-7-10(21-4)5-6-11(13)14(17)16-12(8-20-3)15(18)19/h5-7,9,12H,8H2,1-4H3,(H,16,17)(H,18,19). The van der Waals surface area contributed by atoms with Crippen LogP contribution in [0.2, 0.25) is 0 Å². The number of amides is 1. The molecular formula is C15H21NO6. The average Bonchev–Trinajstić information content (AvgIpc) is 2.45. The van der Waals surface area contributed by atoms with Crippen molar-refractivity contribution in [3.05, 3.63) is 23.8 Å². The highest BCUT2D eigenvalue weighted by atomic mass is 16.5. The molecule has 122 valence electrons. The van der Waals surface area contributed by atoms with Gasteiger partial charge in [-0.25, -0.2) is 4.79 Å². The Morgan fingerprint density at radius 3 is 2.45 bits per heavy atom. The van der Waals surface area contributed by atoms with Crippen molar-refractivity contribution in [2.75, 3.05) is 20.8 Å². The molecule has 1 amide bonds. The van der Waals surface area contributed by atoms with Crippen molar-refractivity contribution >= 4 is 11.9 Å². The molecule has 7 heteroatoms. The number of hydrogen-bond donors (Lipinski definition) is 2. The Bertz CT molecular complexity index is 529. The zero-order valence-corrected chi connectivity index (χ0v) is 13.1. The average molecular weight is 311 g/mol. The van der Waals surface area contributed by atoms with Gasteiger partial charge < -0.3 is 24.6 Å². The van der Waals surface area contributed by atoms with Crippen LogP contribution in [-0.2, 0) is 9.53 Å². The molecular weight excluding hydrogens is 290 g/mol. The molecule has 0 heterocycles. The van der Waals surface area contributed by atoms with E-state index in [1.54, 1.807) is 12.1 Å². The van der Waals surface area contributed by atoms with Gasteiger partial charge >= 0.3 is 5.97 Å². The normalized spacial score (nSPS) is 11.9. The summed E-state index contributed by atoms with van der Waals surface area (Å²) in [6, 6.07) is 3.58. The Balaban J connectivity index is 3.02. The summed E-state index contributed by atoms with van der Waals surface area (Å²) in [5, 5.41) is 11.5. The van der Waals surface area contributed by atoms with Crippen molar-refractivity contribution < 1.29 is 28.9 Å². The Kier molecular flexibility index (Phi) is 6.65. The molecule has 0 fully saturated rings. The number of benzene rings is 1. The zero-order chi connectivity index (χ0) is 16.7. The Morgan fingerprint density at radius 2 is 1.95 bits per heavy atom. The molecule has 1 aromatic rings. The molecule has 0 aliphatic rings. The molecule has 1 atom stereocenters. The van der Waals surface area contributed by atoms with Gasteiger partial charge in [-0.1, -0.05) is 0 Å². The Hall–Kier alpha value is -2.28. The maximum absolute atomic E-state index is 12.3. The predicted molar refractivity (Wildman–Crippen MR) is 79.5 cm³/mol. The summed E-state index contributed by atoms with van der Waals surface area (Å²) in [7, 11) is 2.87. The third-order valence-corrected chi connectivity index (χ3v) is 2.73. The molecule has 7 nitrogen and oxygen atoms in total. The highest BCUT2D eigenvalue weighted by Crippen LogP contribution is 2.26. The fraction of sp³-hybridized carbons (Fsp3) is 0.467. The first-order valence-electron chi connectivity index (χ1n) is 6.76. The summed E-state index contributed by atoms with van der Waals surface area (Å²) in [4.78, 5) is 23.4. The quantitative estimate of drug-likeness (QED) is 0.752. The second-order valence-corrected chi connectivity index (χ2v) is 4.85. The van der Waals surface area contributed by atoms with Crippen LogP contribution in [0.5, 0.6) is 11.5 Å². The zero-order valence-electron chi connectivity index (χ0n) is 13.1. The number of nitrogens with one attached hydrogen (secondary N) is 1. The summed E-state index contributed by atoms with van der Waals surface area (Å²) in [5.74, 6) is -0.856. The number of carboxylic acids is 1. The van der Waals surface area contributed by atoms with Gasteiger partial charge in [0.25, 0.3) is 5.91 Å². The highest BCUT2D eigenvalue weighted by Gasteiger charge is 2.23. The van der Waals surface area contributed by atoms with Gasteiger partial charge in [0.2, 0.25) is 0 Å². The maximum atomic E-state index is 12.3. The molecule has 1 unspecified atom stereocenters. The van der Waals surface area contributed by atoms with Gasteiger partial charge in [0.15, 0.2) is 6.04 Å². The van der Waals surface area contributed by atoms with Crippen LogP contribution in [0.3, 0.4) is 0 Å². The van der Waals surface area contributed by atoms with Crippen molar-refractivity contribution in [3.8, 4) is 11.5 Å². The van der Waals surface area contributed by atoms with Crippen LogP contribution in [0, 0.1) is 0 Å². The molecule has 0 saturated heterocycles. The SMILES string of the molecule is COCC(NC(=O)c1ccc(OC)cc1OC(C)C)C(=O)O. The van der Waals surface area contributed by atoms with Gasteiger partial charge in [-0.2, -0.15) is 0 Å². The topological polar surface area (TPSA) is 94.1 Å². The summed E-state index contributed by atoms with van der Waals surface area (Å²) >= 11 is 0. The smallest absolute Gasteiger partial charge is 0.328 e. The van der Waals surface area contributed by atoms with Crippen LogP contribution in [0.4, 0.5) is 0 Å². The first-order chi connectivity index (χ1) is 10.4. The largest absolute Gasteiger partial charge is 0.497 e. The van der Waals surface area contributed by atoms with E-state index in [0.717, 1.165) is 0 Å². The number of rotatable bonds is 8. The van der Waals surface area contributed by atoms with Crippen molar-refractivity contribution in [2.45, 2.75) is 26.0 Å². The minimum Gasteiger partial charge on any atom is -0.497 e. The summed E-state index contributed by atoms with van der Waals surface area (Å²) in [5.41, 5.74) is 0.233. The Labute approximate surface area is 129 Å². The van der Waals surface area contributed by atoms with Crippen molar-refractivity contribution in [3.63, 3.8) is 0 Å². The summed E-state index contributed by atoms with van der Waals surface area (Å²) in [6.07, 6.45) is -0.145. The molecule has 1 rings (SSSR count). The van der Waals surface area contributed by atoms with E-state index in [9.17, 15) is 9.59 Å². The maximum Gasteiger partial charge on any atom is 0.328 e. The summed E-state index contributed by atoms with van der Waals surface area (Å²) in [6.45, 7) is 3.52. The third-order valence-electron chi connectivity index (χ3n) is 2.73. The number of aliphatic carboxylic acids is 1. The van der Waals surface area contributed by atoms with Gasteiger partial charge in [0.1, 0.15) is 11.5 Å². The second-order valence-electron chi connectivity index (χ2n) is 4.85. The lowest BCUT2D eigenvalue weighted by atomic mass is 10.1. The van der Waals surface area contributed by atoms with E-state index >= 15 is 0 Å². The fourth-order valence-corrected chi connectivity index (χ4v) is 1.75. The molecule has 1 aromatic carbocycles. The molecule has 0 bridgehead atoms. The number of methoxy groups -OCH3 is 2. The molecule has 0 aromatic heterocycles. The molecule has 0 spiro atoms. The van der Waals surface area contributed by atoms with Crippen LogP contribution >= 0.6 is 0 Å². The van der Waals surface area contributed by atoms with Crippen molar-refractivity contribution in [1.29, 1.82) is 0 Å². The predicted octanol–water partition coefficient (Wildman–Crippen LogP) is 1.31. The Morgan fingerprint density at radius 1 is 1.27 bits per heavy atom. The number of ether oxygens (including phenoxy) is 3. The number of carbonyl (C=O) groups excluding carboxylic acids is 1. The van der Waals surface area contributed by atoms with Crippen LogP contribution in [0.1, 0.15) is 24.2 Å². The minimum atomic E-state index is -1.17. The minimum absolute atomic E-state index is 0.127. The lowest BCUT2D eigenvalue weighted by Gasteiger charge is -2.17. The number of carboxylic acid groups (broad SMARTS) is 1. The third kappa shape index (κ3) is 4.92. The fourth-order valence-electron chi connectivity index (χ4n) is 1.75. The highest BCUT2D eigenvalue weighted by molar-refractivity contribution is 5.99. The van der Waals surface area contributed by atoms with Crippen LogP contribution in [0.25, 0.3) is 0 Å². The molecule has 0 aliphatic heterocycles. The van der Waals surface area contributed by atoms with Gasteiger partial charge in [0, 0.05) is 13.2 Å². The summed E-state index contributed by atoms with van der Waals surface area (Å²) < 4.78 is 15.5. The van der Waals surface area contributed by atoms with Crippen LogP contribution in [0.15, 0.2) is 18.2 Å². The number of hydrogen-bond acceptors (Lipinski definition) is 5. The first-order valence-corrected chi connectivity index (χ1v) is 6.76. The van der Waals surface area contributed by atoms with Gasteiger partial charge in [-0.05, 0) is 26.0 Å². The lowest BCUT2D eigenvalue weighted by Crippen LogP contribution is -2.43. The van der Waals surface area contributed by atoms with Gasteiger partial charge in [-0.15, -0.1) is 0 Å². The van der Waals surface area contributed by atoms with Crippen LogP contribution in [-0.4, -0.2) is 50.0 Å². The van der Waals surface area contributed by atoms with E-state index in [4.69, 9.17) is 19.3 Å².